The molecule has 0 aliphatic rings. The van der Waals surface area contributed by atoms with Gasteiger partial charge in [-0.15, -0.1) is 0 Å². The van der Waals surface area contributed by atoms with Crippen LogP contribution < -0.4 is 0 Å². The van der Waals surface area contributed by atoms with Crippen molar-refractivity contribution in [3.63, 3.8) is 0 Å². The van der Waals surface area contributed by atoms with Crippen molar-refractivity contribution in [3.05, 3.63) is 47.5 Å². The van der Waals surface area contributed by atoms with E-state index in [-0.39, 0.29) is 0 Å². The smallest absolute Gasteiger partial charge is 0.137 e. The van der Waals surface area contributed by atoms with Gasteiger partial charge in [0.15, 0.2) is 0 Å². The Balaban J connectivity index is 3.22. The van der Waals surface area contributed by atoms with E-state index in [4.69, 9.17) is 0 Å². The lowest BCUT2D eigenvalue weighted by Gasteiger charge is -1.91. The summed E-state index contributed by atoms with van der Waals surface area (Å²) in [6.45, 7) is 13.2. The van der Waals surface area contributed by atoms with Gasteiger partial charge >= 0.3 is 0 Å². The van der Waals surface area contributed by atoms with Crippen LogP contribution in [0.1, 0.15) is 24.1 Å². The molecule has 3 heteroatoms. The number of allylic oxidation sites excluding steroid dienone is 3. The van der Waals surface area contributed by atoms with Crippen molar-refractivity contribution in [3.8, 4) is 0 Å². The maximum atomic E-state index is 4.34. The van der Waals surface area contributed by atoms with Crippen LogP contribution in [0.2, 0.25) is 0 Å². The highest BCUT2D eigenvalue weighted by molar-refractivity contribution is 9.11. The number of rotatable bonds is 4. The molecule has 0 saturated heterocycles. The van der Waals surface area contributed by atoms with Crippen LogP contribution in [0, 0.1) is 0 Å². The van der Waals surface area contributed by atoms with Crippen molar-refractivity contribution in [2.45, 2.75) is 6.92 Å². The van der Waals surface area contributed by atoms with Gasteiger partial charge in [-0.25, -0.2) is 4.98 Å². The monoisotopic (exact) mass is 264 g/mol. The fourth-order valence-corrected chi connectivity index (χ4v) is 1.34. The first-order chi connectivity index (χ1) is 7.08. The maximum absolute atomic E-state index is 4.34. The minimum atomic E-state index is 0.722. The zero-order valence-electron chi connectivity index (χ0n) is 8.68. The molecule has 1 heterocycles. The normalized spacial score (nSPS) is 11.2. The molecule has 1 rings (SSSR count). The lowest BCUT2D eigenvalue weighted by molar-refractivity contribution is 1.24. The molecule has 0 aliphatic heterocycles. The molecule has 1 N–H and O–H groups in total. The molecule has 0 saturated carbocycles. The number of nitrogens with zero attached hydrogens (tertiary/aromatic N) is 1. The molecule has 0 fully saturated rings. The number of halogens is 1. The number of nitrogens with one attached hydrogen (secondary N) is 1. The lowest BCUT2D eigenvalue weighted by atomic mass is 10.3. The molecule has 0 spiro atoms. The highest BCUT2D eigenvalue weighted by Crippen LogP contribution is 2.18. The molecule has 0 amide bonds. The SMILES string of the molecule is C=CC(=C)c1nc(C=C)c(/C=C(\C)Br)[nH]1. The Hall–Kier alpha value is -1.35. The molecule has 15 heavy (non-hydrogen) atoms. The Kier molecular flexibility index (Phi) is 3.86. The quantitative estimate of drug-likeness (QED) is 0.819. The predicted octanol–water partition coefficient (Wildman–Crippen LogP) is 4.01. The summed E-state index contributed by atoms with van der Waals surface area (Å²) in [4.78, 5) is 7.50. The molecule has 0 bridgehead atoms. The molecule has 0 unspecified atom stereocenters. The van der Waals surface area contributed by atoms with Crippen molar-refractivity contribution < 1.29 is 0 Å². The van der Waals surface area contributed by atoms with Gasteiger partial charge in [-0.05, 0) is 23.6 Å². The minimum absolute atomic E-state index is 0.722. The van der Waals surface area contributed by atoms with Crippen LogP contribution in [0.4, 0.5) is 0 Å². The molecule has 1 aromatic rings. The summed E-state index contributed by atoms with van der Waals surface area (Å²) in [5, 5.41) is 0. The maximum Gasteiger partial charge on any atom is 0.137 e. The second-order valence-corrected chi connectivity index (χ2v) is 4.30. The molecule has 0 radical (unpaired) electrons. The van der Waals surface area contributed by atoms with Gasteiger partial charge in [0, 0.05) is 5.57 Å². The van der Waals surface area contributed by atoms with Crippen LogP contribution in [0.15, 0.2) is 30.3 Å². The van der Waals surface area contributed by atoms with Crippen molar-refractivity contribution in [1.29, 1.82) is 0 Å². The van der Waals surface area contributed by atoms with E-state index in [0.29, 0.717) is 0 Å². The molecule has 0 aromatic carbocycles. The highest BCUT2D eigenvalue weighted by Gasteiger charge is 2.06. The molecule has 0 atom stereocenters. The zero-order valence-corrected chi connectivity index (χ0v) is 10.3. The van der Waals surface area contributed by atoms with Crippen LogP contribution in [0.3, 0.4) is 0 Å². The van der Waals surface area contributed by atoms with E-state index in [9.17, 15) is 0 Å². The number of H-pyrrole nitrogens is 1. The minimum Gasteiger partial charge on any atom is -0.338 e. The summed E-state index contributed by atoms with van der Waals surface area (Å²) in [5.74, 6) is 0.722. The molecular weight excluding hydrogens is 252 g/mol. The summed E-state index contributed by atoms with van der Waals surface area (Å²) < 4.78 is 1.02. The van der Waals surface area contributed by atoms with Gasteiger partial charge < -0.3 is 4.98 Å². The average molecular weight is 265 g/mol. The van der Waals surface area contributed by atoms with E-state index >= 15 is 0 Å². The predicted molar refractivity (Wildman–Crippen MR) is 70.5 cm³/mol. The van der Waals surface area contributed by atoms with Crippen LogP contribution >= 0.6 is 15.9 Å². The van der Waals surface area contributed by atoms with Gasteiger partial charge in [-0.1, -0.05) is 41.7 Å². The summed E-state index contributed by atoms with van der Waals surface area (Å²) in [5.41, 5.74) is 2.49. The molecule has 0 aliphatic carbocycles. The average Bonchev–Trinajstić information content (AvgIpc) is 2.59. The van der Waals surface area contributed by atoms with Crippen molar-refractivity contribution in [1.82, 2.24) is 9.97 Å². The summed E-state index contributed by atoms with van der Waals surface area (Å²) in [6.07, 6.45) is 5.32. The topological polar surface area (TPSA) is 28.7 Å². The van der Waals surface area contributed by atoms with E-state index in [2.05, 4.69) is 45.6 Å². The van der Waals surface area contributed by atoms with E-state index in [1.807, 2.05) is 13.0 Å². The van der Waals surface area contributed by atoms with Crippen LogP contribution in [0.5, 0.6) is 0 Å². The van der Waals surface area contributed by atoms with Gasteiger partial charge in [0.05, 0.1) is 11.4 Å². The van der Waals surface area contributed by atoms with Crippen LogP contribution in [-0.2, 0) is 0 Å². The number of hydrogen-bond acceptors (Lipinski definition) is 1. The Morgan fingerprint density at radius 3 is 2.60 bits per heavy atom. The third-order valence-corrected chi connectivity index (χ3v) is 2.08. The van der Waals surface area contributed by atoms with Gasteiger partial charge in [0.1, 0.15) is 5.82 Å². The van der Waals surface area contributed by atoms with Gasteiger partial charge in [-0.2, -0.15) is 0 Å². The lowest BCUT2D eigenvalue weighted by Crippen LogP contribution is -1.81. The third kappa shape index (κ3) is 2.80. The molecule has 2 nitrogen and oxygen atoms in total. The Bertz CT molecular complexity index is 434. The fraction of sp³-hybridized carbons (Fsp3) is 0.0833. The van der Waals surface area contributed by atoms with Crippen molar-refractivity contribution in [2.24, 2.45) is 0 Å². The third-order valence-electron chi connectivity index (χ3n) is 1.85. The van der Waals surface area contributed by atoms with E-state index < -0.39 is 0 Å². The number of aromatic nitrogens is 2. The van der Waals surface area contributed by atoms with E-state index in [1.165, 1.54) is 0 Å². The van der Waals surface area contributed by atoms with E-state index in [1.54, 1.807) is 12.2 Å². The molecular formula is C12H13BrN2. The van der Waals surface area contributed by atoms with Gasteiger partial charge in [0.2, 0.25) is 0 Å². The number of imidazole rings is 1. The number of hydrogen-bond donors (Lipinski definition) is 1. The largest absolute Gasteiger partial charge is 0.338 e. The Morgan fingerprint density at radius 1 is 1.47 bits per heavy atom. The van der Waals surface area contributed by atoms with Crippen LogP contribution in [0.25, 0.3) is 17.7 Å². The Labute approximate surface area is 98.3 Å². The van der Waals surface area contributed by atoms with Gasteiger partial charge in [-0.3, -0.25) is 0 Å². The second kappa shape index (κ2) is 4.94. The summed E-state index contributed by atoms with van der Waals surface area (Å²) >= 11 is 3.37. The summed E-state index contributed by atoms with van der Waals surface area (Å²) in [6, 6.07) is 0. The van der Waals surface area contributed by atoms with Crippen molar-refractivity contribution >= 4 is 33.7 Å². The Morgan fingerprint density at radius 2 is 2.13 bits per heavy atom. The first kappa shape index (κ1) is 11.7. The van der Waals surface area contributed by atoms with Crippen molar-refractivity contribution in [2.75, 3.05) is 0 Å². The number of aromatic amines is 1. The first-order valence-corrected chi connectivity index (χ1v) is 5.25. The van der Waals surface area contributed by atoms with Crippen LogP contribution in [-0.4, -0.2) is 9.97 Å². The molecule has 1 aromatic heterocycles. The molecule has 78 valence electrons. The van der Waals surface area contributed by atoms with E-state index in [0.717, 1.165) is 27.3 Å². The zero-order chi connectivity index (χ0) is 11.4. The van der Waals surface area contributed by atoms with Gasteiger partial charge in [0.25, 0.3) is 0 Å². The highest BCUT2D eigenvalue weighted by atomic mass is 79.9. The first-order valence-electron chi connectivity index (χ1n) is 4.46. The second-order valence-electron chi connectivity index (χ2n) is 3.05. The fourth-order valence-electron chi connectivity index (χ4n) is 1.11. The summed E-state index contributed by atoms with van der Waals surface area (Å²) in [7, 11) is 0. The standard InChI is InChI=1S/C12H13BrN2/c1-5-8(3)12-14-10(6-2)11(15-12)7-9(4)13/h5-7H,1-3H2,4H3,(H,14,15)/b9-7+.